The van der Waals surface area contributed by atoms with Crippen LogP contribution in [0.3, 0.4) is 0 Å². The van der Waals surface area contributed by atoms with Crippen LogP contribution in [0.15, 0.2) is 30.3 Å². The van der Waals surface area contributed by atoms with Crippen molar-refractivity contribution < 1.29 is 9.59 Å². The lowest BCUT2D eigenvalue weighted by atomic mass is 9.85. The third-order valence-electron chi connectivity index (χ3n) is 4.69. The van der Waals surface area contributed by atoms with Crippen molar-refractivity contribution in [2.75, 3.05) is 13.1 Å². The molecule has 1 aromatic rings. The zero-order chi connectivity index (χ0) is 17.7. The van der Waals surface area contributed by atoms with E-state index < -0.39 is 6.04 Å². The molecular formula is C19H30ClN3O2. The average Bonchev–Trinajstić information content (AvgIpc) is 2.58. The summed E-state index contributed by atoms with van der Waals surface area (Å²) < 4.78 is 0. The van der Waals surface area contributed by atoms with Crippen LogP contribution in [-0.4, -0.2) is 35.8 Å². The highest BCUT2D eigenvalue weighted by Gasteiger charge is 2.34. The van der Waals surface area contributed by atoms with E-state index >= 15 is 0 Å². The third-order valence-corrected chi connectivity index (χ3v) is 4.69. The van der Waals surface area contributed by atoms with Gasteiger partial charge in [0.25, 0.3) is 0 Å². The van der Waals surface area contributed by atoms with Crippen molar-refractivity contribution >= 4 is 24.2 Å². The molecule has 2 rings (SSSR count). The summed E-state index contributed by atoms with van der Waals surface area (Å²) in [7, 11) is 0. The maximum Gasteiger partial charge on any atom is 0.240 e. The molecule has 0 aliphatic carbocycles. The van der Waals surface area contributed by atoms with E-state index in [4.69, 9.17) is 5.73 Å². The van der Waals surface area contributed by atoms with Crippen molar-refractivity contribution in [3.63, 3.8) is 0 Å². The number of nitrogens with two attached hydrogens (primary N) is 1. The first kappa shape index (κ1) is 21.5. The van der Waals surface area contributed by atoms with Gasteiger partial charge >= 0.3 is 0 Å². The molecule has 0 aromatic heterocycles. The number of hydrogen-bond acceptors (Lipinski definition) is 3. The Bertz CT molecular complexity index is 564. The number of hydrogen-bond donors (Lipinski definition) is 2. The third kappa shape index (κ3) is 6.01. The van der Waals surface area contributed by atoms with Crippen LogP contribution in [0.5, 0.6) is 0 Å². The van der Waals surface area contributed by atoms with Crippen LogP contribution in [0, 0.1) is 11.3 Å². The molecule has 1 atom stereocenters. The van der Waals surface area contributed by atoms with Crippen molar-refractivity contribution in [2.45, 2.75) is 46.2 Å². The first-order valence-electron chi connectivity index (χ1n) is 8.65. The van der Waals surface area contributed by atoms with Crippen molar-refractivity contribution in [3.8, 4) is 0 Å². The van der Waals surface area contributed by atoms with Gasteiger partial charge in [-0.2, -0.15) is 0 Å². The van der Waals surface area contributed by atoms with Gasteiger partial charge in [0.1, 0.15) is 0 Å². The number of halogens is 1. The lowest BCUT2D eigenvalue weighted by molar-refractivity contribution is -0.138. The van der Waals surface area contributed by atoms with Gasteiger partial charge < -0.3 is 16.0 Å². The maximum atomic E-state index is 12.4. The fourth-order valence-electron chi connectivity index (χ4n) is 2.86. The number of piperidine rings is 1. The Morgan fingerprint density at radius 2 is 1.76 bits per heavy atom. The Morgan fingerprint density at radius 1 is 1.20 bits per heavy atom. The van der Waals surface area contributed by atoms with Gasteiger partial charge in [0.05, 0.1) is 6.04 Å². The highest BCUT2D eigenvalue weighted by molar-refractivity contribution is 5.85. The standard InChI is InChI=1S/C19H29N3O2.ClH/c1-19(2,3)16(20)18(24)22-11-9-15(10-12-22)17(23)21-13-14-7-5-4-6-8-14;/h4-8,15-16H,9-13,20H2,1-3H3,(H,21,23);1H/t16-;/m1./s1. The van der Waals surface area contributed by atoms with Gasteiger partial charge in [-0.15, -0.1) is 12.4 Å². The number of rotatable bonds is 4. The monoisotopic (exact) mass is 367 g/mol. The minimum Gasteiger partial charge on any atom is -0.352 e. The first-order valence-corrected chi connectivity index (χ1v) is 8.65. The molecule has 1 aliphatic rings. The van der Waals surface area contributed by atoms with Gasteiger partial charge in [-0.05, 0) is 23.8 Å². The smallest absolute Gasteiger partial charge is 0.240 e. The summed E-state index contributed by atoms with van der Waals surface area (Å²) in [5, 5.41) is 2.99. The highest BCUT2D eigenvalue weighted by Crippen LogP contribution is 2.23. The lowest BCUT2D eigenvalue weighted by Crippen LogP contribution is -2.53. The van der Waals surface area contributed by atoms with E-state index in [0.717, 1.165) is 5.56 Å². The molecule has 0 radical (unpaired) electrons. The quantitative estimate of drug-likeness (QED) is 0.857. The van der Waals surface area contributed by atoms with Crippen LogP contribution < -0.4 is 11.1 Å². The van der Waals surface area contributed by atoms with E-state index in [0.29, 0.717) is 32.5 Å². The SMILES string of the molecule is CC(C)(C)[C@H](N)C(=O)N1CCC(C(=O)NCc2ccccc2)CC1.Cl. The summed E-state index contributed by atoms with van der Waals surface area (Å²) in [6.07, 6.45) is 1.40. The number of carbonyl (C=O) groups is 2. The predicted octanol–water partition coefficient (Wildman–Crippen LogP) is 2.34. The van der Waals surface area contributed by atoms with Crippen molar-refractivity contribution in [1.82, 2.24) is 10.2 Å². The second-order valence-corrected chi connectivity index (χ2v) is 7.65. The van der Waals surface area contributed by atoms with E-state index in [2.05, 4.69) is 5.32 Å². The number of nitrogens with one attached hydrogen (secondary N) is 1. The zero-order valence-electron chi connectivity index (χ0n) is 15.3. The molecule has 1 saturated heterocycles. The Kier molecular flexibility index (Phi) is 7.90. The second-order valence-electron chi connectivity index (χ2n) is 7.65. The number of carbonyl (C=O) groups excluding carboxylic acids is 2. The second kappa shape index (κ2) is 9.20. The van der Waals surface area contributed by atoms with Gasteiger partial charge in [-0.1, -0.05) is 51.1 Å². The van der Waals surface area contributed by atoms with Gasteiger partial charge in [0, 0.05) is 25.6 Å². The molecule has 2 amide bonds. The van der Waals surface area contributed by atoms with Gasteiger partial charge in [0.2, 0.25) is 11.8 Å². The molecule has 0 saturated carbocycles. The van der Waals surface area contributed by atoms with Crippen LogP contribution in [0.1, 0.15) is 39.2 Å². The van der Waals surface area contributed by atoms with E-state index in [1.165, 1.54) is 0 Å². The Balaban J connectivity index is 0.00000312. The molecule has 6 heteroatoms. The Labute approximate surface area is 156 Å². The number of benzene rings is 1. The molecule has 5 nitrogen and oxygen atoms in total. The molecular weight excluding hydrogens is 338 g/mol. The molecule has 25 heavy (non-hydrogen) atoms. The summed E-state index contributed by atoms with van der Waals surface area (Å²) in [6, 6.07) is 9.38. The summed E-state index contributed by atoms with van der Waals surface area (Å²) in [6.45, 7) is 7.67. The minimum atomic E-state index is -0.499. The molecule has 140 valence electrons. The molecule has 1 heterocycles. The number of likely N-dealkylation sites (tertiary alicyclic amines) is 1. The maximum absolute atomic E-state index is 12.4. The topological polar surface area (TPSA) is 75.4 Å². The fourth-order valence-corrected chi connectivity index (χ4v) is 2.86. The van der Waals surface area contributed by atoms with Crippen LogP contribution >= 0.6 is 12.4 Å². The highest BCUT2D eigenvalue weighted by atomic mass is 35.5. The normalized spacial score (nSPS) is 16.7. The Morgan fingerprint density at radius 3 is 2.28 bits per heavy atom. The van der Waals surface area contributed by atoms with Crippen LogP contribution in [-0.2, 0) is 16.1 Å². The molecule has 0 spiro atoms. The largest absolute Gasteiger partial charge is 0.352 e. The summed E-state index contributed by atoms with van der Waals surface area (Å²) in [4.78, 5) is 26.5. The van der Waals surface area contributed by atoms with E-state index in [1.807, 2.05) is 51.1 Å². The number of nitrogens with zero attached hydrogens (tertiary/aromatic N) is 1. The number of amides is 2. The fraction of sp³-hybridized carbons (Fsp3) is 0.579. The molecule has 0 unspecified atom stereocenters. The molecule has 1 aromatic carbocycles. The summed E-state index contributed by atoms with van der Waals surface area (Å²) >= 11 is 0. The molecule has 0 bridgehead atoms. The van der Waals surface area contributed by atoms with Gasteiger partial charge in [-0.3, -0.25) is 9.59 Å². The van der Waals surface area contributed by atoms with E-state index in [9.17, 15) is 9.59 Å². The van der Waals surface area contributed by atoms with Crippen LogP contribution in [0.2, 0.25) is 0 Å². The lowest BCUT2D eigenvalue weighted by Gasteiger charge is -2.36. The summed E-state index contributed by atoms with van der Waals surface area (Å²) in [5.41, 5.74) is 6.90. The minimum absolute atomic E-state index is 0. The van der Waals surface area contributed by atoms with Crippen molar-refractivity contribution in [1.29, 1.82) is 0 Å². The van der Waals surface area contributed by atoms with Crippen molar-refractivity contribution in [3.05, 3.63) is 35.9 Å². The first-order chi connectivity index (χ1) is 11.3. The van der Waals surface area contributed by atoms with Gasteiger partial charge in [0.15, 0.2) is 0 Å². The molecule has 1 aliphatic heterocycles. The van der Waals surface area contributed by atoms with Gasteiger partial charge in [-0.25, -0.2) is 0 Å². The zero-order valence-corrected chi connectivity index (χ0v) is 16.1. The average molecular weight is 368 g/mol. The van der Waals surface area contributed by atoms with Crippen LogP contribution in [0.25, 0.3) is 0 Å². The van der Waals surface area contributed by atoms with Crippen molar-refractivity contribution in [2.24, 2.45) is 17.1 Å². The molecule has 1 fully saturated rings. The van der Waals surface area contributed by atoms with E-state index in [-0.39, 0.29) is 35.6 Å². The molecule has 3 N–H and O–H groups in total. The van der Waals surface area contributed by atoms with Crippen LogP contribution in [0.4, 0.5) is 0 Å². The summed E-state index contributed by atoms with van der Waals surface area (Å²) in [5.74, 6) is 0.0420. The predicted molar refractivity (Wildman–Crippen MR) is 102 cm³/mol. The Hall–Kier alpha value is -1.59. The van der Waals surface area contributed by atoms with E-state index in [1.54, 1.807) is 4.90 Å².